The van der Waals surface area contributed by atoms with Crippen LogP contribution in [0.5, 0.6) is 11.6 Å². The van der Waals surface area contributed by atoms with Crippen molar-refractivity contribution in [2.75, 3.05) is 0 Å². The van der Waals surface area contributed by atoms with E-state index in [0.29, 0.717) is 28.5 Å². The van der Waals surface area contributed by atoms with Gasteiger partial charge in [-0.15, -0.1) is 11.6 Å². The van der Waals surface area contributed by atoms with Crippen molar-refractivity contribution in [2.45, 2.75) is 32.6 Å². The highest BCUT2D eigenvalue weighted by molar-refractivity contribution is 6.32. The van der Waals surface area contributed by atoms with Crippen LogP contribution in [0.4, 0.5) is 0 Å². The van der Waals surface area contributed by atoms with Gasteiger partial charge >= 0.3 is 0 Å². The molecule has 0 amide bonds. The third kappa shape index (κ3) is 3.65. The first-order chi connectivity index (χ1) is 9.49. The number of rotatable bonds is 4. The van der Waals surface area contributed by atoms with Gasteiger partial charge < -0.3 is 4.74 Å². The minimum atomic E-state index is 0.313. The maximum absolute atomic E-state index is 6.14. The predicted octanol–water partition coefficient (Wildman–Crippen LogP) is 5.70. The van der Waals surface area contributed by atoms with Gasteiger partial charge in [0.05, 0.1) is 5.02 Å². The van der Waals surface area contributed by atoms with Crippen molar-refractivity contribution in [1.29, 1.82) is 0 Å². The first kappa shape index (κ1) is 15.1. The molecule has 0 aliphatic rings. The van der Waals surface area contributed by atoms with Crippen LogP contribution in [0.1, 0.15) is 36.6 Å². The highest BCUT2D eigenvalue weighted by Crippen LogP contribution is 2.30. The van der Waals surface area contributed by atoms with Crippen LogP contribution < -0.4 is 4.74 Å². The lowest BCUT2D eigenvalue weighted by Gasteiger charge is -2.12. The molecule has 0 unspecified atom stereocenters. The smallest absolute Gasteiger partial charge is 0.219 e. The van der Waals surface area contributed by atoms with Crippen LogP contribution in [-0.4, -0.2) is 4.98 Å². The Morgan fingerprint density at radius 2 is 1.95 bits per heavy atom. The molecule has 0 spiro atoms. The van der Waals surface area contributed by atoms with E-state index < -0.39 is 0 Å². The van der Waals surface area contributed by atoms with Gasteiger partial charge in [-0.05, 0) is 42.2 Å². The van der Waals surface area contributed by atoms with Crippen LogP contribution in [0.3, 0.4) is 0 Å². The number of alkyl halides is 1. The zero-order valence-electron chi connectivity index (χ0n) is 11.8. The quantitative estimate of drug-likeness (QED) is 0.676. The van der Waals surface area contributed by atoms with E-state index in [4.69, 9.17) is 27.9 Å². The summed E-state index contributed by atoms with van der Waals surface area (Å²) in [4.78, 5) is 4.51. The SMILES string of the molecule is Cc1ccc(Cl)c(Oc2cc(CCl)cc(C(C)C)n2)c1. The van der Waals surface area contributed by atoms with Gasteiger partial charge in [0.1, 0.15) is 5.75 Å². The summed E-state index contributed by atoms with van der Waals surface area (Å²) in [7, 11) is 0. The summed E-state index contributed by atoms with van der Waals surface area (Å²) in [5.41, 5.74) is 3.04. The van der Waals surface area contributed by atoms with Gasteiger partial charge in [-0.3, -0.25) is 0 Å². The zero-order valence-corrected chi connectivity index (χ0v) is 13.3. The summed E-state index contributed by atoms with van der Waals surface area (Å²) in [5.74, 6) is 1.88. The zero-order chi connectivity index (χ0) is 14.7. The predicted molar refractivity (Wildman–Crippen MR) is 84.1 cm³/mol. The molecule has 0 radical (unpaired) electrons. The number of benzene rings is 1. The van der Waals surface area contributed by atoms with E-state index in [-0.39, 0.29) is 0 Å². The van der Waals surface area contributed by atoms with Gasteiger partial charge in [0.15, 0.2) is 0 Å². The van der Waals surface area contributed by atoms with Crippen molar-refractivity contribution in [3.63, 3.8) is 0 Å². The van der Waals surface area contributed by atoms with E-state index >= 15 is 0 Å². The summed E-state index contributed by atoms with van der Waals surface area (Å²) in [6, 6.07) is 9.50. The summed E-state index contributed by atoms with van der Waals surface area (Å²) in [6.45, 7) is 6.17. The van der Waals surface area contributed by atoms with E-state index in [1.54, 1.807) is 0 Å². The average molecular weight is 310 g/mol. The van der Waals surface area contributed by atoms with E-state index in [0.717, 1.165) is 16.8 Å². The largest absolute Gasteiger partial charge is 0.437 e. The van der Waals surface area contributed by atoms with Gasteiger partial charge in [-0.2, -0.15) is 0 Å². The molecule has 106 valence electrons. The number of nitrogens with zero attached hydrogens (tertiary/aromatic N) is 1. The maximum Gasteiger partial charge on any atom is 0.219 e. The molecule has 0 saturated carbocycles. The Bertz CT molecular complexity index is 611. The Balaban J connectivity index is 2.37. The summed E-state index contributed by atoms with van der Waals surface area (Å²) < 4.78 is 5.82. The third-order valence-electron chi connectivity index (χ3n) is 2.93. The van der Waals surface area contributed by atoms with E-state index in [1.165, 1.54) is 0 Å². The topological polar surface area (TPSA) is 22.1 Å². The molecule has 1 aromatic heterocycles. The minimum Gasteiger partial charge on any atom is -0.437 e. The second-order valence-corrected chi connectivity index (χ2v) is 5.74. The first-order valence-corrected chi connectivity index (χ1v) is 7.41. The summed E-state index contributed by atoms with van der Waals surface area (Å²) >= 11 is 12.1. The Morgan fingerprint density at radius 3 is 2.60 bits per heavy atom. The Labute approximate surface area is 129 Å². The van der Waals surface area contributed by atoms with E-state index in [2.05, 4.69) is 18.8 Å². The minimum absolute atomic E-state index is 0.313. The van der Waals surface area contributed by atoms with Gasteiger partial charge in [0.25, 0.3) is 0 Å². The average Bonchev–Trinajstić information content (AvgIpc) is 2.42. The maximum atomic E-state index is 6.14. The molecule has 20 heavy (non-hydrogen) atoms. The number of hydrogen-bond acceptors (Lipinski definition) is 2. The molecule has 0 N–H and O–H groups in total. The lowest BCUT2D eigenvalue weighted by atomic mass is 10.1. The van der Waals surface area contributed by atoms with Crippen molar-refractivity contribution in [3.8, 4) is 11.6 Å². The molecule has 1 heterocycles. The number of aromatic nitrogens is 1. The highest BCUT2D eigenvalue weighted by atomic mass is 35.5. The Hall–Kier alpha value is -1.25. The molecule has 4 heteroatoms. The van der Waals surface area contributed by atoms with Crippen molar-refractivity contribution in [1.82, 2.24) is 4.98 Å². The number of ether oxygens (including phenoxy) is 1. The first-order valence-electron chi connectivity index (χ1n) is 6.50. The number of aryl methyl sites for hydroxylation is 1. The normalized spacial score (nSPS) is 10.9. The Morgan fingerprint density at radius 1 is 1.20 bits per heavy atom. The van der Waals surface area contributed by atoms with Crippen LogP contribution in [0, 0.1) is 6.92 Å². The van der Waals surface area contributed by atoms with Crippen LogP contribution in [0.25, 0.3) is 0 Å². The molecule has 0 fully saturated rings. The van der Waals surface area contributed by atoms with Crippen LogP contribution in [0.15, 0.2) is 30.3 Å². The van der Waals surface area contributed by atoms with Gasteiger partial charge in [-0.25, -0.2) is 4.98 Å². The van der Waals surface area contributed by atoms with E-state index in [9.17, 15) is 0 Å². The van der Waals surface area contributed by atoms with Crippen molar-refractivity contribution < 1.29 is 4.74 Å². The molecule has 1 aromatic carbocycles. The third-order valence-corrected chi connectivity index (χ3v) is 3.55. The Kier molecular flexibility index (Phi) is 4.90. The second-order valence-electron chi connectivity index (χ2n) is 5.06. The fraction of sp³-hybridized carbons (Fsp3) is 0.312. The van der Waals surface area contributed by atoms with Crippen molar-refractivity contribution in [3.05, 3.63) is 52.2 Å². The molecular formula is C16H17Cl2NO. The fourth-order valence-electron chi connectivity index (χ4n) is 1.81. The molecular weight excluding hydrogens is 293 g/mol. The van der Waals surface area contributed by atoms with E-state index in [1.807, 2.05) is 37.3 Å². The molecule has 0 bridgehead atoms. The van der Waals surface area contributed by atoms with Gasteiger partial charge in [0, 0.05) is 17.6 Å². The molecule has 2 nitrogen and oxygen atoms in total. The molecule has 2 rings (SSSR count). The number of halogens is 2. The number of hydrogen-bond donors (Lipinski definition) is 0. The molecule has 0 aliphatic heterocycles. The van der Waals surface area contributed by atoms with Gasteiger partial charge in [-0.1, -0.05) is 31.5 Å². The standard InChI is InChI=1S/C16H17Cl2NO/c1-10(2)14-7-12(9-17)8-16(19-14)20-15-6-11(3)4-5-13(15)18/h4-8,10H,9H2,1-3H3. The van der Waals surface area contributed by atoms with Crippen molar-refractivity contribution >= 4 is 23.2 Å². The van der Waals surface area contributed by atoms with Crippen molar-refractivity contribution in [2.24, 2.45) is 0 Å². The summed E-state index contributed by atoms with van der Waals surface area (Å²) in [5, 5.41) is 0.569. The lowest BCUT2D eigenvalue weighted by molar-refractivity contribution is 0.459. The molecule has 2 aromatic rings. The molecule has 0 atom stereocenters. The lowest BCUT2D eigenvalue weighted by Crippen LogP contribution is -1.98. The highest BCUT2D eigenvalue weighted by Gasteiger charge is 2.09. The van der Waals surface area contributed by atoms with Crippen LogP contribution >= 0.6 is 23.2 Å². The van der Waals surface area contributed by atoms with Crippen LogP contribution in [0.2, 0.25) is 5.02 Å². The molecule has 0 aliphatic carbocycles. The fourth-order valence-corrected chi connectivity index (χ4v) is 2.12. The summed E-state index contributed by atoms with van der Waals surface area (Å²) in [6.07, 6.45) is 0. The molecule has 0 saturated heterocycles. The van der Waals surface area contributed by atoms with Gasteiger partial charge in [0.2, 0.25) is 5.88 Å². The second kappa shape index (κ2) is 6.47. The monoisotopic (exact) mass is 309 g/mol. The van der Waals surface area contributed by atoms with Crippen LogP contribution in [-0.2, 0) is 5.88 Å². The number of pyridine rings is 1.